The lowest BCUT2D eigenvalue weighted by atomic mass is 9.97. The average Bonchev–Trinajstić information content (AvgIpc) is 2.75. The van der Waals surface area contributed by atoms with Crippen LogP contribution >= 0.6 is 12.4 Å². The van der Waals surface area contributed by atoms with Crippen LogP contribution in [0.4, 0.5) is 20.6 Å². The van der Waals surface area contributed by atoms with Crippen molar-refractivity contribution in [3.63, 3.8) is 0 Å². The highest BCUT2D eigenvalue weighted by molar-refractivity contribution is 6.00. The second kappa shape index (κ2) is 9.88. The van der Waals surface area contributed by atoms with Crippen LogP contribution in [0.15, 0.2) is 42.5 Å². The van der Waals surface area contributed by atoms with Gasteiger partial charge in [-0.2, -0.15) is 0 Å². The normalized spacial score (nSPS) is 18.0. The predicted molar refractivity (Wildman–Crippen MR) is 114 cm³/mol. The maximum absolute atomic E-state index is 13.7. The zero-order valence-corrected chi connectivity index (χ0v) is 17.1. The Kier molecular flexibility index (Phi) is 7.25. The molecule has 1 atom stereocenters. The average molecular weight is 435 g/mol. The van der Waals surface area contributed by atoms with E-state index in [1.165, 1.54) is 12.1 Å². The van der Waals surface area contributed by atoms with Gasteiger partial charge in [0.15, 0.2) is 0 Å². The molecule has 1 saturated heterocycles. The SMILES string of the molecule is Cl.O=C(Nc1ccccc1F)Nc1cccc2c1CCN(C(=O)C1CNCCO1)C2. The minimum absolute atomic E-state index is 0. The first-order valence-corrected chi connectivity index (χ1v) is 9.66. The largest absolute Gasteiger partial charge is 0.366 e. The molecular formula is C21H24ClFN4O3. The number of urea groups is 1. The van der Waals surface area contributed by atoms with E-state index in [-0.39, 0.29) is 24.0 Å². The molecule has 7 nitrogen and oxygen atoms in total. The summed E-state index contributed by atoms with van der Waals surface area (Å²) < 4.78 is 19.3. The van der Waals surface area contributed by atoms with Crippen LogP contribution in [0.5, 0.6) is 0 Å². The second-order valence-corrected chi connectivity index (χ2v) is 7.08. The molecule has 160 valence electrons. The van der Waals surface area contributed by atoms with Gasteiger partial charge in [-0.3, -0.25) is 4.79 Å². The summed E-state index contributed by atoms with van der Waals surface area (Å²) in [5, 5.41) is 8.50. The molecule has 2 aliphatic rings. The molecule has 9 heteroatoms. The number of anilines is 2. The molecule has 2 aliphatic heterocycles. The van der Waals surface area contributed by atoms with E-state index >= 15 is 0 Å². The van der Waals surface area contributed by atoms with Crippen LogP contribution in [0.3, 0.4) is 0 Å². The van der Waals surface area contributed by atoms with Gasteiger partial charge >= 0.3 is 6.03 Å². The number of nitrogens with zero attached hydrogens (tertiary/aromatic N) is 1. The quantitative estimate of drug-likeness (QED) is 0.693. The highest BCUT2D eigenvalue weighted by atomic mass is 35.5. The Hall–Kier alpha value is -2.68. The summed E-state index contributed by atoms with van der Waals surface area (Å²) in [5.41, 5.74) is 2.76. The number of morpholine rings is 1. The van der Waals surface area contributed by atoms with Crippen molar-refractivity contribution >= 4 is 35.7 Å². The first kappa shape index (κ1) is 22.0. The predicted octanol–water partition coefficient (Wildman–Crippen LogP) is 2.76. The summed E-state index contributed by atoms with van der Waals surface area (Å²) in [4.78, 5) is 26.8. The van der Waals surface area contributed by atoms with Crippen LogP contribution in [0, 0.1) is 5.82 Å². The molecule has 0 aromatic heterocycles. The van der Waals surface area contributed by atoms with Crippen molar-refractivity contribution in [2.24, 2.45) is 0 Å². The fraction of sp³-hybridized carbons (Fsp3) is 0.333. The summed E-state index contributed by atoms with van der Waals surface area (Å²) in [6, 6.07) is 11.1. The number of nitrogens with one attached hydrogen (secondary N) is 3. The molecule has 0 aliphatic carbocycles. The third-order valence-corrected chi connectivity index (χ3v) is 5.15. The fourth-order valence-corrected chi connectivity index (χ4v) is 3.68. The van der Waals surface area contributed by atoms with Crippen LogP contribution in [0.1, 0.15) is 11.1 Å². The molecule has 3 N–H and O–H groups in total. The molecule has 1 unspecified atom stereocenters. The summed E-state index contributed by atoms with van der Waals surface area (Å²) in [5.74, 6) is -0.509. The van der Waals surface area contributed by atoms with Crippen LogP contribution in [0.25, 0.3) is 0 Å². The number of carbonyl (C=O) groups is 2. The Morgan fingerprint density at radius 2 is 1.87 bits per heavy atom. The Morgan fingerprint density at radius 3 is 2.63 bits per heavy atom. The number of rotatable bonds is 3. The van der Waals surface area contributed by atoms with Crippen LogP contribution < -0.4 is 16.0 Å². The molecule has 2 aromatic carbocycles. The second-order valence-electron chi connectivity index (χ2n) is 7.08. The molecule has 4 rings (SSSR count). The van der Waals surface area contributed by atoms with Gasteiger partial charge < -0.3 is 25.6 Å². The van der Waals surface area contributed by atoms with Gasteiger partial charge in [-0.1, -0.05) is 24.3 Å². The van der Waals surface area contributed by atoms with Gasteiger partial charge in [0, 0.05) is 31.9 Å². The Labute approximate surface area is 180 Å². The van der Waals surface area contributed by atoms with Gasteiger partial charge in [0.25, 0.3) is 5.91 Å². The topological polar surface area (TPSA) is 82.7 Å². The van der Waals surface area contributed by atoms with Gasteiger partial charge in [0.05, 0.1) is 12.3 Å². The van der Waals surface area contributed by atoms with E-state index in [1.54, 1.807) is 17.0 Å². The fourth-order valence-electron chi connectivity index (χ4n) is 3.68. The molecule has 1 fully saturated rings. The van der Waals surface area contributed by atoms with E-state index in [2.05, 4.69) is 16.0 Å². The monoisotopic (exact) mass is 434 g/mol. The van der Waals surface area contributed by atoms with Crippen molar-refractivity contribution in [3.8, 4) is 0 Å². The first-order chi connectivity index (χ1) is 14.1. The van der Waals surface area contributed by atoms with Gasteiger partial charge in [-0.25, -0.2) is 9.18 Å². The van der Waals surface area contributed by atoms with Crippen molar-refractivity contribution in [2.75, 3.05) is 36.9 Å². The van der Waals surface area contributed by atoms with E-state index in [4.69, 9.17) is 4.74 Å². The summed E-state index contributed by atoms with van der Waals surface area (Å²) in [7, 11) is 0. The van der Waals surface area contributed by atoms with Crippen LogP contribution in [-0.2, 0) is 22.5 Å². The number of hydrogen-bond acceptors (Lipinski definition) is 4. The number of halogens is 2. The van der Waals surface area contributed by atoms with Crippen molar-refractivity contribution < 1.29 is 18.7 Å². The lowest BCUT2D eigenvalue weighted by Crippen LogP contribution is -2.50. The summed E-state index contributed by atoms with van der Waals surface area (Å²) in [6.45, 7) is 2.85. The number of carbonyl (C=O) groups excluding carboxylic acids is 2. The molecule has 0 spiro atoms. The molecular weight excluding hydrogens is 411 g/mol. The number of para-hydroxylation sites is 1. The highest BCUT2D eigenvalue weighted by Gasteiger charge is 2.30. The van der Waals surface area contributed by atoms with E-state index < -0.39 is 18.0 Å². The first-order valence-electron chi connectivity index (χ1n) is 9.66. The minimum Gasteiger partial charge on any atom is -0.366 e. The van der Waals surface area contributed by atoms with Gasteiger partial charge in [0.1, 0.15) is 11.9 Å². The molecule has 0 saturated carbocycles. The number of fused-ring (bicyclic) bond motifs is 1. The van der Waals surface area contributed by atoms with Crippen molar-refractivity contribution in [2.45, 2.75) is 19.1 Å². The molecule has 2 heterocycles. The standard InChI is InChI=1S/C21H23FN4O3.ClH/c22-16-5-1-2-6-18(16)25-21(28)24-17-7-3-4-14-13-26(10-8-15(14)17)20(27)19-12-23-9-11-29-19;/h1-7,19,23H,8-13H2,(H2,24,25,28);1H. The van der Waals surface area contributed by atoms with Crippen LogP contribution in [-0.4, -0.2) is 49.2 Å². The van der Waals surface area contributed by atoms with Crippen LogP contribution in [0.2, 0.25) is 0 Å². The van der Waals surface area contributed by atoms with Crippen molar-refractivity contribution in [3.05, 3.63) is 59.4 Å². The zero-order valence-electron chi connectivity index (χ0n) is 16.3. The number of ether oxygens (including phenoxy) is 1. The van der Waals surface area contributed by atoms with Gasteiger partial charge in [-0.15, -0.1) is 12.4 Å². The van der Waals surface area contributed by atoms with Gasteiger partial charge in [0.2, 0.25) is 0 Å². The molecule has 0 radical (unpaired) electrons. The van der Waals surface area contributed by atoms with E-state index in [9.17, 15) is 14.0 Å². The Morgan fingerprint density at radius 1 is 1.10 bits per heavy atom. The van der Waals surface area contributed by atoms with Gasteiger partial charge in [-0.05, 0) is 35.7 Å². The van der Waals surface area contributed by atoms with Crippen molar-refractivity contribution in [1.82, 2.24) is 10.2 Å². The zero-order chi connectivity index (χ0) is 20.2. The Bertz CT molecular complexity index is 921. The van der Waals surface area contributed by atoms with Crippen molar-refractivity contribution in [1.29, 1.82) is 0 Å². The highest BCUT2D eigenvalue weighted by Crippen LogP contribution is 2.27. The summed E-state index contributed by atoms with van der Waals surface area (Å²) >= 11 is 0. The van der Waals surface area contributed by atoms with E-state index in [0.29, 0.717) is 38.3 Å². The molecule has 3 amide bonds. The minimum atomic E-state index is -0.510. The van der Waals surface area contributed by atoms with E-state index in [0.717, 1.165) is 17.7 Å². The third-order valence-electron chi connectivity index (χ3n) is 5.15. The third kappa shape index (κ3) is 4.89. The summed E-state index contributed by atoms with van der Waals surface area (Å²) in [6.07, 6.45) is 0.176. The molecule has 30 heavy (non-hydrogen) atoms. The number of benzene rings is 2. The maximum atomic E-state index is 13.7. The Balaban J connectivity index is 0.00000256. The molecule has 2 aromatic rings. The lowest BCUT2D eigenvalue weighted by Gasteiger charge is -2.34. The number of hydrogen-bond donors (Lipinski definition) is 3. The smallest absolute Gasteiger partial charge is 0.323 e. The maximum Gasteiger partial charge on any atom is 0.323 e. The van der Waals surface area contributed by atoms with E-state index in [1.807, 2.05) is 18.2 Å². The molecule has 0 bridgehead atoms. The number of amides is 3. The lowest BCUT2D eigenvalue weighted by molar-refractivity contribution is -0.146.